The Hall–Kier alpha value is -3.61. The zero-order valence-corrected chi connectivity index (χ0v) is 16.8. The molecule has 0 radical (unpaired) electrons. The Balaban J connectivity index is 1.44. The smallest absolute Gasteiger partial charge is 0.407 e. The van der Waals surface area contributed by atoms with Crippen LogP contribution >= 0.6 is 0 Å². The van der Waals surface area contributed by atoms with Crippen molar-refractivity contribution >= 4 is 12.1 Å². The van der Waals surface area contributed by atoms with Gasteiger partial charge in [-0.05, 0) is 22.3 Å². The number of methoxy groups -OCH3 is 1. The molecule has 1 atom stereocenters. The van der Waals surface area contributed by atoms with Gasteiger partial charge in [0.05, 0.1) is 12.8 Å². The van der Waals surface area contributed by atoms with E-state index in [1.165, 1.54) is 13.4 Å². The lowest BCUT2D eigenvalue weighted by molar-refractivity contribution is -0.143. The maximum Gasteiger partial charge on any atom is 0.407 e. The molecule has 1 aromatic heterocycles. The van der Waals surface area contributed by atoms with Crippen molar-refractivity contribution in [2.24, 2.45) is 0 Å². The summed E-state index contributed by atoms with van der Waals surface area (Å²) in [5, 5.41) is 2.58. The van der Waals surface area contributed by atoms with Gasteiger partial charge in [0, 0.05) is 19.3 Å². The van der Waals surface area contributed by atoms with Crippen molar-refractivity contribution in [3.8, 4) is 11.1 Å². The summed E-state index contributed by atoms with van der Waals surface area (Å²) < 4.78 is 15.5. The number of carbonyl (C=O) groups excluding carboxylic acids is 2. The SMILES string of the molecule is COC(=O)[C@@H](Cc1coc(C)n1)NC(=O)OCC1c2ccccc2-c2ccccc21. The van der Waals surface area contributed by atoms with E-state index in [0.717, 1.165) is 22.3 Å². The molecule has 0 spiro atoms. The summed E-state index contributed by atoms with van der Waals surface area (Å²) in [5.74, 6) is -0.156. The number of amides is 1. The summed E-state index contributed by atoms with van der Waals surface area (Å²) in [5.41, 5.74) is 5.08. The molecule has 30 heavy (non-hydrogen) atoms. The lowest BCUT2D eigenvalue weighted by Crippen LogP contribution is -2.43. The van der Waals surface area contributed by atoms with Gasteiger partial charge < -0.3 is 19.2 Å². The second-order valence-electron chi connectivity index (χ2n) is 7.11. The third kappa shape index (κ3) is 3.91. The van der Waals surface area contributed by atoms with Crippen molar-refractivity contribution in [3.63, 3.8) is 0 Å². The van der Waals surface area contributed by atoms with Crippen LogP contribution in [0.25, 0.3) is 11.1 Å². The number of esters is 1. The van der Waals surface area contributed by atoms with Crippen LogP contribution in [0.2, 0.25) is 0 Å². The number of rotatable bonds is 6. The van der Waals surface area contributed by atoms with Crippen LogP contribution in [0.3, 0.4) is 0 Å². The van der Waals surface area contributed by atoms with Crippen LogP contribution in [0.5, 0.6) is 0 Å². The number of alkyl carbamates (subject to hydrolysis) is 1. The molecule has 0 aliphatic heterocycles. The van der Waals surface area contributed by atoms with Crippen LogP contribution in [0.4, 0.5) is 4.79 Å². The molecule has 7 heteroatoms. The summed E-state index contributed by atoms with van der Waals surface area (Å²) in [6.45, 7) is 1.87. The Morgan fingerprint density at radius 3 is 2.30 bits per heavy atom. The molecule has 1 aliphatic carbocycles. The van der Waals surface area contributed by atoms with Crippen LogP contribution in [0.1, 0.15) is 28.6 Å². The first-order valence-corrected chi connectivity index (χ1v) is 9.67. The maximum atomic E-state index is 12.5. The summed E-state index contributed by atoms with van der Waals surface area (Å²) in [6.07, 6.45) is 0.909. The van der Waals surface area contributed by atoms with E-state index in [-0.39, 0.29) is 18.9 Å². The van der Waals surface area contributed by atoms with Crippen molar-refractivity contribution in [3.05, 3.63) is 77.5 Å². The van der Waals surface area contributed by atoms with Crippen LogP contribution in [-0.2, 0) is 20.7 Å². The minimum absolute atomic E-state index is 0.0575. The number of aromatic nitrogens is 1. The van der Waals surface area contributed by atoms with Crippen molar-refractivity contribution in [2.75, 3.05) is 13.7 Å². The number of nitrogens with zero attached hydrogens (tertiary/aromatic N) is 1. The van der Waals surface area contributed by atoms with Gasteiger partial charge in [0.15, 0.2) is 5.89 Å². The standard InChI is InChI=1S/C23H22N2O5/c1-14-24-15(12-29-14)11-21(22(26)28-2)25-23(27)30-13-20-18-9-5-3-7-16(18)17-8-4-6-10-19(17)20/h3-10,12,20-21H,11,13H2,1-2H3,(H,25,27)/t21-/m1/s1. The molecule has 154 valence electrons. The van der Waals surface area contributed by atoms with Crippen molar-refractivity contribution in [2.45, 2.75) is 25.3 Å². The number of oxazole rings is 1. The third-order valence-corrected chi connectivity index (χ3v) is 5.20. The van der Waals surface area contributed by atoms with Gasteiger partial charge >= 0.3 is 12.1 Å². The van der Waals surface area contributed by atoms with Gasteiger partial charge in [-0.1, -0.05) is 48.5 Å². The van der Waals surface area contributed by atoms with Gasteiger partial charge in [0.2, 0.25) is 0 Å². The van der Waals surface area contributed by atoms with Gasteiger partial charge in [0.1, 0.15) is 18.9 Å². The first-order chi connectivity index (χ1) is 14.6. The van der Waals surface area contributed by atoms with E-state index in [2.05, 4.69) is 22.4 Å². The largest absolute Gasteiger partial charge is 0.467 e. The number of aryl methyl sites for hydroxylation is 1. The van der Waals surface area contributed by atoms with E-state index >= 15 is 0 Å². The molecule has 0 fully saturated rings. The topological polar surface area (TPSA) is 90.7 Å². The zero-order chi connectivity index (χ0) is 21.1. The molecule has 0 saturated heterocycles. The summed E-state index contributed by atoms with van der Waals surface area (Å²) in [7, 11) is 1.27. The molecule has 0 unspecified atom stereocenters. The van der Waals surface area contributed by atoms with E-state index in [9.17, 15) is 9.59 Å². The zero-order valence-electron chi connectivity index (χ0n) is 16.8. The lowest BCUT2D eigenvalue weighted by atomic mass is 9.98. The van der Waals surface area contributed by atoms with Crippen LogP contribution in [0.15, 0.2) is 59.2 Å². The number of benzene rings is 2. The van der Waals surface area contributed by atoms with Crippen molar-refractivity contribution < 1.29 is 23.5 Å². The quantitative estimate of drug-likeness (QED) is 0.629. The summed E-state index contributed by atoms with van der Waals surface area (Å²) >= 11 is 0. The summed E-state index contributed by atoms with van der Waals surface area (Å²) in [6, 6.07) is 15.3. The lowest BCUT2D eigenvalue weighted by Gasteiger charge is -2.18. The fraction of sp³-hybridized carbons (Fsp3) is 0.261. The van der Waals surface area contributed by atoms with E-state index < -0.39 is 18.1 Å². The molecule has 0 bridgehead atoms. The van der Waals surface area contributed by atoms with Crippen LogP contribution < -0.4 is 5.32 Å². The summed E-state index contributed by atoms with van der Waals surface area (Å²) in [4.78, 5) is 28.7. The van der Waals surface area contributed by atoms with Crippen molar-refractivity contribution in [1.29, 1.82) is 0 Å². The molecule has 3 aromatic rings. The molecule has 1 N–H and O–H groups in total. The average Bonchev–Trinajstić information content (AvgIpc) is 3.32. The number of nitrogens with one attached hydrogen (secondary N) is 1. The predicted molar refractivity (Wildman–Crippen MR) is 109 cm³/mol. The Labute approximate surface area is 174 Å². The predicted octanol–water partition coefficient (Wildman–Crippen LogP) is 3.61. The van der Waals surface area contributed by atoms with Crippen molar-refractivity contribution in [1.82, 2.24) is 10.3 Å². The Morgan fingerprint density at radius 1 is 1.10 bits per heavy atom. The van der Waals surface area contributed by atoms with Gasteiger partial charge in [-0.25, -0.2) is 14.6 Å². The number of hydrogen-bond donors (Lipinski definition) is 1. The van der Waals surface area contributed by atoms with Gasteiger partial charge in [-0.2, -0.15) is 0 Å². The normalized spacial score (nSPS) is 13.3. The highest BCUT2D eigenvalue weighted by molar-refractivity contribution is 5.82. The average molecular weight is 406 g/mol. The molecule has 4 rings (SSSR count). The van der Waals surface area contributed by atoms with E-state index in [0.29, 0.717) is 11.6 Å². The Bertz CT molecular complexity index is 1030. The Kier molecular flexibility index (Phi) is 5.52. The van der Waals surface area contributed by atoms with Gasteiger partial charge in [0.25, 0.3) is 0 Å². The number of carbonyl (C=O) groups is 2. The van der Waals surface area contributed by atoms with Crippen LogP contribution in [0, 0.1) is 6.92 Å². The number of hydrogen-bond acceptors (Lipinski definition) is 6. The van der Waals surface area contributed by atoms with Gasteiger partial charge in [-0.3, -0.25) is 0 Å². The minimum atomic E-state index is -0.921. The van der Waals surface area contributed by atoms with E-state index in [1.807, 2.05) is 36.4 Å². The molecule has 2 aromatic carbocycles. The minimum Gasteiger partial charge on any atom is -0.467 e. The fourth-order valence-corrected chi connectivity index (χ4v) is 3.83. The van der Waals surface area contributed by atoms with Gasteiger partial charge in [-0.15, -0.1) is 0 Å². The van der Waals surface area contributed by atoms with E-state index in [4.69, 9.17) is 13.9 Å². The highest BCUT2D eigenvalue weighted by Gasteiger charge is 2.30. The first-order valence-electron chi connectivity index (χ1n) is 9.67. The molecular weight excluding hydrogens is 384 g/mol. The van der Waals surface area contributed by atoms with Crippen LogP contribution in [-0.4, -0.2) is 36.8 Å². The molecular formula is C23H22N2O5. The maximum absolute atomic E-state index is 12.5. The third-order valence-electron chi connectivity index (χ3n) is 5.20. The first kappa shape index (κ1) is 19.7. The van der Waals surface area contributed by atoms with E-state index in [1.54, 1.807) is 6.92 Å². The monoisotopic (exact) mass is 406 g/mol. The number of fused-ring (bicyclic) bond motifs is 3. The fourth-order valence-electron chi connectivity index (χ4n) is 3.83. The number of ether oxygens (including phenoxy) is 2. The molecule has 1 heterocycles. The second kappa shape index (κ2) is 8.41. The molecule has 0 saturated carbocycles. The Morgan fingerprint density at radius 2 is 1.73 bits per heavy atom. The highest BCUT2D eigenvalue weighted by Crippen LogP contribution is 2.44. The molecule has 1 aliphatic rings. The highest BCUT2D eigenvalue weighted by atomic mass is 16.6. The second-order valence-corrected chi connectivity index (χ2v) is 7.11. The molecule has 7 nitrogen and oxygen atoms in total. The molecule has 1 amide bonds.